The Morgan fingerprint density at radius 2 is 1.67 bits per heavy atom. The zero-order valence-corrected chi connectivity index (χ0v) is 13.1. The first-order chi connectivity index (χ1) is 8.37. The van der Waals surface area contributed by atoms with E-state index in [9.17, 15) is 8.42 Å². The van der Waals surface area contributed by atoms with Crippen LogP contribution in [0, 0.1) is 13.8 Å². The van der Waals surface area contributed by atoms with Gasteiger partial charge in [-0.15, -0.1) is 0 Å². The highest BCUT2D eigenvalue weighted by molar-refractivity contribution is 9.10. The van der Waals surface area contributed by atoms with Crippen LogP contribution in [0.25, 0.3) is 0 Å². The van der Waals surface area contributed by atoms with Gasteiger partial charge in [0, 0.05) is 16.2 Å². The van der Waals surface area contributed by atoms with Crippen LogP contribution in [0.1, 0.15) is 24.0 Å². The van der Waals surface area contributed by atoms with E-state index in [1.165, 1.54) is 11.1 Å². The minimum Gasteiger partial charge on any atom is -0.382 e. The number of aryl methyl sites for hydroxylation is 2. The molecular weight excluding hydrogens is 314 g/mol. The zero-order valence-electron chi connectivity index (χ0n) is 10.7. The van der Waals surface area contributed by atoms with Crippen LogP contribution in [-0.2, 0) is 9.84 Å². The summed E-state index contributed by atoms with van der Waals surface area (Å²) in [6, 6.07) is 4.43. The molecule has 0 aliphatic carbocycles. The number of hydrogen-bond acceptors (Lipinski definition) is 3. The Kier molecular flexibility index (Phi) is 4.02. The molecule has 1 aliphatic heterocycles. The lowest BCUT2D eigenvalue weighted by molar-refractivity contribution is 0.559. The maximum atomic E-state index is 11.4. The lowest BCUT2D eigenvalue weighted by Gasteiger charge is -2.26. The lowest BCUT2D eigenvalue weighted by Crippen LogP contribution is -2.32. The third-order valence-corrected chi connectivity index (χ3v) is 5.57. The fourth-order valence-electron chi connectivity index (χ4n) is 2.38. The maximum absolute atomic E-state index is 11.4. The van der Waals surface area contributed by atoms with Crippen molar-refractivity contribution in [3.63, 3.8) is 0 Å². The second kappa shape index (κ2) is 5.21. The molecule has 1 saturated heterocycles. The molecule has 1 N–H and O–H groups in total. The Hall–Kier alpha value is -0.550. The molecule has 1 aromatic carbocycles. The zero-order chi connectivity index (χ0) is 13.3. The van der Waals surface area contributed by atoms with Gasteiger partial charge in [0.15, 0.2) is 0 Å². The van der Waals surface area contributed by atoms with E-state index in [2.05, 4.69) is 47.2 Å². The van der Waals surface area contributed by atoms with Crippen LogP contribution in [-0.4, -0.2) is 26.0 Å². The van der Waals surface area contributed by atoms with Gasteiger partial charge in [-0.3, -0.25) is 0 Å². The van der Waals surface area contributed by atoms with E-state index in [4.69, 9.17) is 0 Å². The van der Waals surface area contributed by atoms with Gasteiger partial charge in [0.25, 0.3) is 0 Å². The Labute approximate surface area is 117 Å². The molecule has 0 radical (unpaired) electrons. The van der Waals surface area contributed by atoms with Crippen molar-refractivity contribution >= 4 is 31.5 Å². The summed E-state index contributed by atoms with van der Waals surface area (Å²) in [5.74, 6) is 0.610. The van der Waals surface area contributed by atoms with Gasteiger partial charge < -0.3 is 5.32 Å². The predicted molar refractivity (Wildman–Crippen MR) is 78.9 cm³/mol. The second-order valence-corrected chi connectivity index (χ2v) is 8.20. The Morgan fingerprint density at radius 3 is 2.17 bits per heavy atom. The topological polar surface area (TPSA) is 46.2 Å². The molecule has 0 saturated carbocycles. The van der Waals surface area contributed by atoms with Crippen molar-refractivity contribution in [2.24, 2.45) is 0 Å². The molecule has 0 amide bonds. The van der Waals surface area contributed by atoms with E-state index >= 15 is 0 Å². The van der Waals surface area contributed by atoms with Gasteiger partial charge >= 0.3 is 0 Å². The molecule has 5 heteroatoms. The summed E-state index contributed by atoms with van der Waals surface area (Å²) in [6.45, 7) is 4.14. The van der Waals surface area contributed by atoms with Crippen molar-refractivity contribution < 1.29 is 8.42 Å². The Morgan fingerprint density at radius 1 is 1.17 bits per heavy atom. The summed E-state index contributed by atoms with van der Waals surface area (Å²) < 4.78 is 23.9. The third kappa shape index (κ3) is 3.26. The van der Waals surface area contributed by atoms with Gasteiger partial charge in [-0.1, -0.05) is 15.9 Å². The van der Waals surface area contributed by atoms with Crippen LogP contribution in [0.15, 0.2) is 16.6 Å². The summed E-state index contributed by atoms with van der Waals surface area (Å²) in [7, 11) is -2.78. The predicted octanol–water partition coefficient (Wildman–Crippen LogP) is 3.06. The highest BCUT2D eigenvalue weighted by Gasteiger charge is 2.24. The number of rotatable bonds is 2. The van der Waals surface area contributed by atoms with Crippen molar-refractivity contribution in [2.45, 2.75) is 32.7 Å². The van der Waals surface area contributed by atoms with Crippen LogP contribution in [0.2, 0.25) is 0 Å². The number of anilines is 1. The number of nitrogens with one attached hydrogen (secondary N) is 1. The molecular formula is C13H18BrNO2S. The van der Waals surface area contributed by atoms with Crippen LogP contribution < -0.4 is 5.32 Å². The van der Waals surface area contributed by atoms with Gasteiger partial charge in [0.1, 0.15) is 9.84 Å². The molecule has 18 heavy (non-hydrogen) atoms. The Bertz CT molecular complexity index is 517. The number of sulfone groups is 1. The normalized spacial score (nSPS) is 19.7. The minimum atomic E-state index is -2.78. The van der Waals surface area contributed by atoms with Crippen molar-refractivity contribution in [3.8, 4) is 0 Å². The van der Waals surface area contributed by atoms with Crippen LogP contribution >= 0.6 is 15.9 Å². The molecule has 1 fully saturated rings. The summed E-state index contributed by atoms with van der Waals surface area (Å²) in [5, 5.41) is 3.50. The number of halogens is 1. The van der Waals surface area contributed by atoms with Gasteiger partial charge in [0.2, 0.25) is 0 Å². The summed E-state index contributed by atoms with van der Waals surface area (Å²) in [4.78, 5) is 0. The van der Waals surface area contributed by atoms with Crippen molar-refractivity contribution in [2.75, 3.05) is 16.8 Å². The Balaban J connectivity index is 2.11. The SMILES string of the molecule is Cc1cc(Br)cc(C)c1NC1CCS(=O)(=O)CC1. The van der Waals surface area contributed by atoms with E-state index in [0.717, 1.165) is 10.2 Å². The smallest absolute Gasteiger partial charge is 0.150 e. The van der Waals surface area contributed by atoms with Gasteiger partial charge in [-0.05, 0) is 49.9 Å². The standard InChI is InChI=1S/C13H18BrNO2S/c1-9-7-11(14)8-10(2)13(9)15-12-3-5-18(16,17)6-4-12/h7-8,12,15H,3-6H2,1-2H3. The van der Waals surface area contributed by atoms with Crippen LogP contribution in [0.4, 0.5) is 5.69 Å². The average Bonchev–Trinajstić information content (AvgIpc) is 2.25. The highest BCUT2D eigenvalue weighted by Crippen LogP contribution is 2.27. The monoisotopic (exact) mass is 331 g/mol. The average molecular weight is 332 g/mol. The molecule has 1 aromatic rings. The van der Waals surface area contributed by atoms with Gasteiger partial charge in [0.05, 0.1) is 11.5 Å². The lowest BCUT2D eigenvalue weighted by atomic mass is 10.1. The van der Waals surface area contributed by atoms with Crippen molar-refractivity contribution in [1.29, 1.82) is 0 Å². The number of hydrogen-bond donors (Lipinski definition) is 1. The maximum Gasteiger partial charge on any atom is 0.150 e. The molecule has 0 spiro atoms. The molecule has 100 valence electrons. The first kappa shape index (κ1) is 13.9. The molecule has 2 rings (SSSR count). The molecule has 0 bridgehead atoms. The fraction of sp³-hybridized carbons (Fsp3) is 0.538. The van der Waals surface area contributed by atoms with E-state index in [1.54, 1.807) is 0 Å². The van der Waals surface area contributed by atoms with E-state index in [0.29, 0.717) is 24.3 Å². The second-order valence-electron chi connectivity index (χ2n) is 4.99. The largest absolute Gasteiger partial charge is 0.382 e. The minimum absolute atomic E-state index is 0.270. The highest BCUT2D eigenvalue weighted by atomic mass is 79.9. The first-order valence-electron chi connectivity index (χ1n) is 6.11. The molecule has 1 aliphatic rings. The quantitative estimate of drug-likeness (QED) is 0.905. The van der Waals surface area contributed by atoms with Crippen LogP contribution in [0.5, 0.6) is 0 Å². The molecule has 0 unspecified atom stereocenters. The van der Waals surface area contributed by atoms with Gasteiger partial charge in [-0.2, -0.15) is 0 Å². The van der Waals surface area contributed by atoms with E-state index < -0.39 is 9.84 Å². The molecule has 0 atom stereocenters. The van der Waals surface area contributed by atoms with E-state index in [-0.39, 0.29) is 6.04 Å². The first-order valence-corrected chi connectivity index (χ1v) is 8.72. The summed E-state index contributed by atoms with van der Waals surface area (Å²) in [6.07, 6.45) is 1.41. The number of benzene rings is 1. The third-order valence-electron chi connectivity index (χ3n) is 3.40. The van der Waals surface area contributed by atoms with Crippen molar-refractivity contribution in [1.82, 2.24) is 0 Å². The van der Waals surface area contributed by atoms with Crippen LogP contribution in [0.3, 0.4) is 0 Å². The fourth-order valence-corrected chi connectivity index (χ4v) is 4.55. The molecule has 1 heterocycles. The van der Waals surface area contributed by atoms with Gasteiger partial charge in [-0.25, -0.2) is 8.42 Å². The molecule has 3 nitrogen and oxygen atoms in total. The van der Waals surface area contributed by atoms with E-state index in [1.807, 2.05) is 0 Å². The van der Waals surface area contributed by atoms with Crippen molar-refractivity contribution in [3.05, 3.63) is 27.7 Å². The summed E-state index contributed by atoms with van der Waals surface area (Å²) >= 11 is 3.48. The molecule has 0 aromatic heterocycles. The summed E-state index contributed by atoms with van der Waals surface area (Å²) in [5.41, 5.74) is 3.52.